The van der Waals surface area contributed by atoms with Crippen LogP contribution in [0.2, 0.25) is 0 Å². The van der Waals surface area contributed by atoms with E-state index in [1.807, 2.05) is 52.0 Å². The average molecular weight is 427 g/mol. The maximum absolute atomic E-state index is 13.7. The first-order valence-electron chi connectivity index (χ1n) is 10.9. The monoisotopic (exact) mass is 426 g/mol. The van der Waals surface area contributed by atoms with E-state index in [2.05, 4.69) is 30.8 Å². The minimum Gasteiger partial charge on any atom is -0.283 e. The molecule has 0 N–H and O–H groups in total. The van der Waals surface area contributed by atoms with Gasteiger partial charge in [-0.05, 0) is 29.2 Å². The van der Waals surface area contributed by atoms with Crippen LogP contribution in [0.1, 0.15) is 58.4 Å². The number of amides is 1. The van der Waals surface area contributed by atoms with Crippen molar-refractivity contribution in [3.05, 3.63) is 48.0 Å². The molecule has 30 heavy (non-hydrogen) atoms. The molecule has 1 amide bonds. The first-order valence-corrected chi connectivity index (χ1v) is 11.3. The molecule has 3 atom stereocenters. The van der Waals surface area contributed by atoms with Crippen molar-refractivity contribution in [3.8, 4) is 0 Å². The molecule has 3 rings (SSSR count). The summed E-state index contributed by atoms with van der Waals surface area (Å²) in [7, 11) is 0. The van der Waals surface area contributed by atoms with E-state index in [9.17, 15) is 14.4 Å². The van der Waals surface area contributed by atoms with E-state index in [1.165, 1.54) is 0 Å². The SMILES string of the molecule is CCC[N+]1(C(=O)C(=O)C(C)(C)CC)CCC(c2cccc3ccccc23)[C@H]1C(=O)S. The highest BCUT2D eigenvalue weighted by atomic mass is 32.1. The number of fused-ring (bicyclic) bond motifs is 1. The summed E-state index contributed by atoms with van der Waals surface area (Å²) in [6.07, 6.45) is 1.97. The summed E-state index contributed by atoms with van der Waals surface area (Å²) in [6.45, 7) is 8.50. The molecular weight excluding hydrogens is 394 g/mol. The molecular formula is C25H32NO3S+. The minimum atomic E-state index is -0.738. The number of likely N-dealkylation sites (tertiary alicyclic amines) is 1. The van der Waals surface area contributed by atoms with Crippen molar-refractivity contribution >= 4 is 40.2 Å². The lowest BCUT2D eigenvalue weighted by Gasteiger charge is -2.38. The van der Waals surface area contributed by atoms with Crippen LogP contribution in [0, 0.1) is 5.41 Å². The summed E-state index contributed by atoms with van der Waals surface area (Å²) in [5.74, 6) is -0.954. The van der Waals surface area contributed by atoms with E-state index in [-0.39, 0.29) is 21.3 Å². The van der Waals surface area contributed by atoms with E-state index in [0.29, 0.717) is 32.4 Å². The second-order valence-corrected chi connectivity index (χ2v) is 9.54. The van der Waals surface area contributed by atoms with E-state index in [0.717, 1.165) is 16.3 Å². The van der Waals surface area contributed by atoms with Gasteiger partial charge in [0.05, 0.1) is 19.0 Å². The smallest absolute Gasteiger partial charge is 0.283 e. The van der Waals surface area contributed by atoms with Crippen molar-refractivity contribution < 1.29 is 18.9 Å². The first-order chi connectivity index (χ1) is 14.2. The Morgan fingerprint density at radius 2 is 1.73 bits per heavy atom. The molecule has 1 aliphatic heterocycles. The summed E-state index contributed by atoms with van der Waals surface area (Å²) < 4.78 is -0.102. The van der Waals surface area contributed by atoms with Gasteiger partial charge in [-0.2, -0.15) is 0 Å². The average Bonchev–Trinajstić information content (AvgIpc) is 3.12. The number of Topliss-reactive ketones (excluding diaryl/α,β-unsaturated/α-hetero) is 1. The molecule has 2 unspecified atom stereocenters. The highest BCUT2D eigenvalue weighted by molar-refractivity contribution is 7.96. The fraction of sp³-hybridized carbons (Fsp3) is 0.480. The number of hydrogen-bond donors (Lipinski definition) is 1. The van der Waals surface area contributed by atoms with Crippen LogP contribution in [0.5, 0.6) is 0 Å². The Hall–Kier alpha value is -1.98. The van der Waals surface area contributed by atoms with Crippen molar-refractivity contribution in [3.63, 3.8) is 0 Å². The van der Waals surface area contributed by atoms with Gasteiger partial charge in [0.15, 0.2) is 6.04 Å². The molecule has 0 aromatic heterocycles. The van der Waals surface area contributed by atoms with Crippen LogP contribution < -0.4 is 0 Å². The van der Waals surface area contributed by atoms with Gasteiger partial charge in [-0.1, -0.05) is 82.8 Å². The number of quaternary nitrogens is 1. The summed E-state index contributed by atoms with van der Waals surface area (Å²) >= 11 is 4.24. The molecule has 2 aromatic rings. The summed E-state index contributed by atoms with van der Waals surface area (Å²) in [5.41, 5.74) is 0.323. The van der Waals surface area contributed by atoms with Crippen LogP contribution in [-0.2, 0) is 14.4 Å². The molecule has 1 fully saturated rings. The fourth-order valence-corrected chi connectivity index (χ4v) is 5.33. The third kappa shape index (κ3) is 3.74. The van der Waals surface area contributed by atoms with Crippen LogP contribution in [0.15, 0.2) is 42.5 Å². The van der Waals surface area contributed by atoms with Gasteiger partial charge in [-0.25, -0.2) is 9.28 Å². The molecule has 1 saturated heterocycles. The Balaban J connectivity index is 2.13. The lowest BCUT2D eigenvalue weighted by molar-refractivity contribution is -0.854. The van der Waals surface area contributed by atoms with Crippen LogP contribution in [-0.4, -0.2) is 40.4 Å². The second-order valence-electron chi connectivity index (χ2n) is 9.10. The molecule has 0 aliphatic carbocycles. The Kier molecular flexibility index (Phi) is 6.54. The van der Waals surface area contributed by atoms with Gasteiger partial charge >= 0.3 is 5.91 Å². The largest absolute Gasteiger partial charge is 0.382 e. The van der Waals surface area contributed by atoms with Crippen molar-refractivity contribution in [2.75, 3.05) is 13.1 Å². The number of ketones is 1. The summed E-state index contributed by atoms with van der Waals surface area (Å²) in [4.78, 5) is 39.7. The maximum Gasteiger partial charge on any atom is 0.382 e. The van der Waals surface area contributed by atoms with E-state index in [1.54, 1.807) is 0 Å². The van der Waals surface area contributed by atoms with E-state index < -0.39 is 17.4 Å². The van der Waals surface area contributed by atoms with E-state index in [4.69, 9.17) is 0 Å². The number of benzene rings is 2. The topological polar surface area (TPSA) is 51.2 Å². The van der Waals surface area contributed by atoms with Gasteiger partial charge in [0.1, 0.15) is 0 Å². The fourth-order valence-electron chi connectivity index (χ4n) is 4.93. The number of carbonyl (C=O) groups is 3. The third-order valence-electron chi connectivity index (χ3n) is 6.95. The number of nitrogens with zero attached hydrogens (tertiary/aromatic N) is 1. The van der Waals surface area contributed by atoms with Gasteiger partial charge < -0.3 is 0 Å². The molecule has 2 aromatic carbocycles. The number of rotatable bonds is 7. The molecule has 1 aliphatic rings. The van der Waals surface area contributed by atoms with Crippen molar-refractivity contribution in [2.24, 2.45) is 5.41 Å². The maximum atomic E-state index is 13.7. The van der Waals surface area contributed by atoms with Gasteiger partial charge in [0.2, 0.25) is 5.12 Å². The zero-order valence-electron chi connectivity index (χ0n) is 18.4. The van der Waals surface area contributed by atoms with Crippen LogP contribution in [0.4, 0.5) is 0 Å². The molecule has 160 valence electrons. The Bertz CT molecular complexity index is 978. The molecule has 0 spiro atoms. The lowest BCUT2D eigenvalue weighted by atomic mass is 9.83. The molecule has 0 radical (unpaired) electrons. The number of thiol groups is 1. The zero-order valence-corrected chi connectivity index (χ0v) is 19.2. The molecule has 0 bridgehead atoms. The van der Waals surface area contributed by atoms with Gasteiger partial charge in [-0.15, -0.1) is 0 Å². The van der Waals surface area contributed by atoms with E-state index >= 15 is 0 Å². The summed E-state index contributed by atoms with van der Waals surface area (Å²) in [6, 6.07) is 13.5. The summed E-state index contributed by atoms with van der Waals surface area (Å²) in [5, 5.41) is 1.89. The molecule has 5 heteroatoms. The van der Waals surface area contributed by atoms with Crippen molar-refractivity contribution in [1.82, 2.24) is 0 Å². The predicted molar refractivity (Wildman–Crippen MR) is 123 cm³/mol. The van der Waals surface area contributed by atoms with Gasteiger partial charge in [0.25, 0.3) is 5.78 Å². The van der Waals surface area contributed by atoms with Gasteiger partial charge in [0, 0.05) is 11.8 Å². The molecule has 1 heterocycles. The van der Waals surface area contributed by atoms with Gasteiger partial charge in [-0.3, -0.25) is 9.59 Å². The van der Waals surface area contributed by atoms with Crippen LogP contribution >= 0.6 is 12.6 Å². The highest BCUT2D eigenvalue weighted by Crippen LogP contribution is 2.43. The number of carbonyl (C=O) groups excluding carboxylic acids is 3. The highest BCUT2D eigenvalue weighted by Gasteiger charge is 2.59. The Labute approximate surface area is 184 Å². The first kappa shape index (κ1) is 22.7. The Morgan fingerprint density at radius 3 is 2.37 bits per heavy atom. The van der Waals surface area contributed by atoms with Crippen molar-refractivity contribution in [1.29, 1.82) is 0 Å². The second kappa shape index (κ2) is 8.64. The third-order valence-corrected chi connectivity index (χ3v) is 7.21. The minimum absolute atomic E-state index is 0.102. The molecule has 4 nitrogen and oxygen atoms in total. The predicted octanol–water partition coefficient (Wildman–Crippen LogP) is 4.91. The quantitative estimate of drug-likeness (QED) is 0.389. The standard InChI is InChI=1S/C25H31NO3S/c1-5-15-26(23(28)22(27)25(3,4)6-2)16-14-20(21(26)24(29)30)19-13-9-11-17-10-7-8-12-18(17)19/h7-13,20-21H,5-6,14-16H2,1-4H3/p+1/t20?,21-,26?/m0/s1. The van der Waals surface area contributed by atoms with Crippen LogP contribution in [0.3, 0.4) is 0 Å². The number of hydrogen-bond acceptors (Lipinski definition) is 3. The lowest BCUT2D eigenvalue weighted by Crippen LogP contribution is -2.63. The van der Waals surface area contributed by atoms with Crippen molar-refractivity contribution in [2.45, 2.75) is 58.9 Å². The van der Waals surface area contributed by atoms with Crippen LogP contribution in [0.25, 0.3) is 10.8 Å². The Morgan fingerprint density at radius 1 is 1.07 bits per heavy atom. The zero-order chi connectivity index (χ0) is 22.1. The normalized spacial score (nSPS) is 24.2. The molecule has 0 saturated carbocycles.